The molecule has 0 aliphatic heterocycles. The van der Waals surface area contributed by atoms with Gasteiger partial charge in [-0.25, -0.2) is 0 Å². The van der Waals surface area contributed by atoms with Gasteiger partial charge in [-0.05, 0) is 31.3 Å². The standard InChI is InChI=1S/C12H24O/c1-6-8-11(4)12(13-5)9-10(3)7-2/h8,10,12H,6-7,9H2,1-5H3/b11-8+. The molecule has 1 heteroatoms. The molecule has 0 aromatic heterocycles. The van der Waals surface area contributed by atoms with Gasteiger partial charge in [0.05, 0.1) is 6.10 Å². The highest BCUT2D eigenvalue weighted by atomic mass is 16.5. The second-order valence-electron chi connectivity index (χ2n) is 3.83. The van der Waals surface area contributed by atoms with Crippen LogP contribution in [-0.4, -0.2) is 13.2 Å². The number of hydrogen-bond donors (Lipinski definition) is 0. The first-order chi connectivity index (χ1) is 6.15. The molecule has 0 fully saturated rings. The summed E-state index contributed by atoms with van der Waals surface area (Å²) in [7, 11) is 1.81. The number of ether oxygens (including phenoxy) is 1. The first kappa shape index (κ1) is 12.7. The van der Waals surface area contributed by atoms with Gasteiger partial charge >= 0.3 is 0 Å². The largest absolute Gasteiger partial charge is 0.377 e. The summed E-state index contributed by atoms with van der Waals surface area (Å²) in [4.78, 5) is 0. The molecular weight excluding hydrogens is 160 g/mol. The van der Waals surface area contributed by atoms with Crippen LogP contribution in [0, 0.1) is 5.92 Å². The molecule has 0 saturated carbocycles. The third-order valence-electron chi connectivity index (χ3n) is 2.63. The van der Waals surface area contributed by atoms with E-state index in [1.54, 1.807) is 7.11 Å². The van der Waals surface area contributed by atoms with Crippen LogP contribution in [0.3, 0.4) is 0 Å². The molecule has 0 saturated heterocycles. The summed E-state index contributed by atoms with van der Waals surface area (Å²) >= 11 is 0. The highest BCUT2D eigenvalue weighted by Crippen LogP contribution is 2.18. The zero-order valence-corrected chi connectivity index (χ0v) is 9.76. The maximum atomic E-state index is 5.47. The van der Waals surface area contributed by atoms with E-state index in [1.165, 1.54) is 12.0 Å². The molecule has 0 aliphatic carbocycles. The summed E-state index contributed by atoms with van der Waals surface area (Å²) in [6.07, 6.45) is 6.08. The molecule has 1 nitrogen and oxygen atoms in total. The van der Waals surface area contributed by atoms with Gasteiger partial charge in [-0.2, -0.15) is 0 Å². The van der Waals surface area contributed by atoms with Crippen molar-refractivity contribution in [1.29, 1.82) is 0 Å². The lowest BCUT2D eigenvalue weighted by molar-refractivity contribution is 0.109. The van der Waals surface area contributed by atoms with Crippen molar-refractivity contribution in [1.82, 2.24) is 0 Å². The molecule has 0 N–H and O–H groups in total. The Bertz CT molecular complexity index is 149. The Morgan fingerprint density at radius 2 is 2.00 bits per heavy atom. The first-order valence-corrected chi connectivity index (χ1v) is 5.35. The van der Waals surface area contributed by atoms with E-state index in [4.69, 9.17) is 4.74 Å². The van der Waals surface area contributed by atoms with Crippen molar-refractivity contribution in [2.45, 2.75) is 53.1 Å². The Balaban J connectivity index is 4.09. The molecule has 0 heterocycles. The molecule has 0 amide bonds. The highest BCUT2D eigenvalue weighted by molar-refractivity contribution is 5.04. The van der Waals surface area contributed by atoms with Gasteiger partial charge in [0.1, 0.15) is 0 Å². The van der Waals surface area contributed by atoms with Gasteiger partial charge in [0.25, 0.3) is 0 Å². The van der Waals surface area contributed by atoms with Crippen molar-refractivity contribution in [3.63, 3.8) is 0 Å². The van der Waals surface area contributed by atoms with Crippen molar-refractivity contribution in [3.05, 3.63) is 11.6 Å². The van der Waals surface area contributed by atoms with Crippen LogP contribution < -0.4 is 0 Å². The lowest BCUT2D eigenvalue weighted by Crippen LogP contribution is -2.15. The van der Waals surface area contributed by atoms with Crippen molar-refractivity contribution >= 4 is 0 Å². The van der Waals surface area contributed by atoms with Crippen LogP contribution in [-0.2, 0) is 4.74 Å². The summed E-state index contributed by atoms with van der Waals surface area (Å²) < 4.78 is 5.47. The summed E-state index contributed by atoms with van der Waals surface area (Å²) in [5.74, 6) is 0.755. The molecular formula is C12H24O. The molecule has 0 rings (SSSR count). The van der Waals surface area contributed by atoms with E-state index in [1.807, 2.05) is 0 Å². The van der Waals surface area contributed by atoms with Gasteiger partial charge in [-0.1, -0.05) is 33.3 Å². The van der Waals surface area contributed by atoms with Crippen molar-refractivity contribution in [2.24, 2.45) is 5.92 Å². The molecule has 2 atom stereocenters. The Labute approximate surface area is 83.2 Å². The van der Waals surface area contributed by atoms with Gasteiger partial charge in [-0.15, -0.1) is 0 Å². The number of methoxy groups -OCH3 is 1. The normalized spacial score (nSPS) is 17.2. The lowest BCUT2D eigenvalue weighted by Gasteiger charge is -2.19. The predicted molar refractivity (Wildman–Crippen MR) is 58.9 cm³/mol. The second kappa shape index (κ2) is 7.14. The topological polar surface area (TPSA) is 9.23 Å². The Kier molecular flexibility index (Phi) is 6.97. The summed E-state index contributed by atoms with van der Waals surface area (Å²) in [5, 5.41) is 0. The van der Waals surface area contributed by atoms with Crippen LogP contribution >= 0.6 is 0 Å². The van der Waals surface area contributed by atoms with Crippen molar-refractivity contribution in [2.75, 3.05) is 7.11 Å². The lowest BCUT2D eigenvalue weighted by atomic mass is 9.96. The number of rotatable bonds is 6. The molecule has 0 aromatic rings. The SMILES string of the molecule is CC/C=C(\C)C(CC(C)CC)OC. The van der Waals surface area contributed by atoms with Crippen molar-refractivity contribution in [3.8, 4) is 0 Å². The van der Waals surface area contributed by atoms with E-state index in [2.05, 4.69) is 33.8 Å². The number of allylic oxidation sites excluding steroid dienone is 1. The van der Waals surface area contributed by atoms with Gasteiger partial charge in [0.15, 0.2) is 0 Å². The maximum absolute atomic E-state index is 5.47. The van der Waals surface area contributed by atoms with E-state index in [0.717, 1.165) is 18.8 Å². The fourth-order valence-electron chi connectivity index (χ4n) is 1.45. The van der Waals surface area contributed by atoms with Gasteiger partial charge in [0, 0.05) is 7.11 Å². The zero-order valence-electron chi connectivity index (χ0n) is 9.76. The molecule has 0 aromatic carbocycles. The van der Waals surface area contributed by atoms with E-state index in [0.29, 0.717) is 6.10 Å². The number of hydrogen-bond acceptors (Lipinski definition) is 1. The van der Waals surface area contributed by atoms with E-state index >= 15 is 0 Å². The van der Waals surface area contributed by atoms with Crippen LogP contribution in [0.25, 0.3) is 0 Å². The minimum Gasteiger partial charge on any atom is -0.377 e. The third kappa shape index (κ3) is 5.09. The predicted octanol–water partition coefficient (Wildman–Crippen LogP) is 3.79. The summed E-state index contributed by atoms with van der Waals surface area (Å²) in [5.41, 5.74) is 1.38. The van der Waals surface area contributed by atoms with E-state index in [9.17, 15) is 0 Å². The first-order valence-electron chi connectivity index (χ1n) is 5.35. The van der Waals surface area contributed by atoms with Gasteiger partial charge in [-0.3, -0.25) is 0 Å². The smallest absolute Gasteiger partial charge is 0.0781 e. The molecule has 0 aliphatic rings. The second-order valence-corrected chi connectivity index (χ2v) is 3.83. The molecule has 0 spiro atoms. The fourth-order valence-corrected chi connectivity index (χ4v) is 1.45. The average Bonchev–Trinajstić information content (AvgIpc) is 2.14. The maximum Gasteiger partial charge on any atom is 0.0781 e. The van der Waals surface area contributed by atoms with Crippen LogP contribution in [0.4, 0.5) is 0 Å². The fraction of sp³-hybridized carbons (Fsp3) is 0.833. The highest BCUT2D eigenvalue weighted by Gasteiger charge is 2.12. The van der Waals surface area contributed by atoms with Crippen LogP contribution in [0.1, 0.15) is 47.0 Å². The zero-order chi connectivity index (χ0) is 10.3. The van der Waals surface area contributed by atoms with Gasteiger partial charge in [0.2, 0.25) is 0 Å². The Morgan fingerprint density at radius 3 is 2.38 bits per heavy atom. The molecule has 0 radical (unpaired) electrons. The molecule has 13 heavy (non-hydrogen) atoms. The molecule has 0 bridgehead atoms. The van der Waals surface area contributed by atoms with Crippen molar-refractivity contribution < 1.29 is 4.74 Å². The van der Waals surface area contributed by atoms with Crippen LogP contribution in [0.5, 0.6) is 0 Å². The third-order valence-corrected chi connectivity index (χ3v) is 2.63. The molecule has 2 unspecified atom stereocenters. The summed E-state index contributed by atoms with van der Waals surface area (Å²) in [6, 6.07) is 0. The molecule has 78 valence electrons. The van der Waals surface area contributed by atoms with Gasteiger partial charge < -0.3 is 4.74 Å². The Hall–Kier alpha value is -0.300. The van der Waals surface area contributed by atoms with E-state index in [-0.39, 0.29) is 0 Å². The Morgan fingerprint density at radius 1 is 1.38 bits per heavy atom. The average molecular weight is 184 g/mol. The summed E-state index contributed by atoms with van der Waals surface area (Å²) in [6.45, 7) is 8.85. The minimum atomic E-state index is 0.329. The quantitative estimate of drug-likeness (QED) is 0.571. The minimum absolute atomic E-state index is 0.329. The monoisotopic (exact) mass is 184 g/mol. The van der Waals surface area contributed by atoms with Crippen LogP contribution in [0.2, 0.25) is 0 Å². The van der Waals surface area contributed by atoms with E-state index < -0.39 is 0 Å². The van der Waals surface area contributed by atoms with Crippen LogP contribution in [0.15, 0.2) is 11.6 Å².